The first-order chi connectivity index (χ1) is 12.8. The second-order valence-corrected chi connectivity index (χ2v) is 9.17. The van der Waals surface area contributed by atoms with Gasteiger partial charge in [0, 0.05) is 48.2 Å². The minimum absolute atomic E-state index is 0.268. The van der Waals surface area contributed by atoms with Crippen LogP contribution in [0.25, 0.3) is 0 Å². The molecule has 4 nitrogen and oxygen atoms in total. The van der Waals surface area contributed by atoms with Crippen LogP contribution in [-0.4, -0.2) is 33.4 Å². The molecule has 2 fully saturated rings. The Morgan fingerprint density at radius 1 is 1.15 bits per heavy atom. The van der Waals surface area contributed by atoms with Crippen molar-refractivity contribution in [3.63, 3.8) is 0 Å². The Labute approximate surface area is 159 Å². The molecule has 0 bridgehead atoms. The number of rotatable bonds is 4. The number of carbonyl (C=O) groups is 1. The number of piperidine rings is 1. The molecule has 1 saturated heterocycles. The van der Waals surface area contributed by atoms with Gasteiger partial charge in [-0.2, -0.15) is 0 Å². The van der Waals surface area contributed by atoms with Crippen molar-refractivity contribution in [3.05, 3.63) is 39.6 Å². The van der Waals surface area contributed by atoms with E-state index >= 15 is 0 Å². The highest BCUT2D eigenvalue weighted by Gasteiger charge is 2.30. The van der Waals surface area contributed by atoms with Crippen LogP contribution in [0.4, 0.5) is 0 Å². The third-order valence-electron chi connectivity index (χ3n) is 6.34. The number of hydrogen-bond acceptors (Lipinski definition) is 3. The van der Waals surface area contributed by atoms with E-state index in [9.17, 15) is 4.79 Å². The number of nitrogens with zero attached hydrogens (tertiary/aromatic N) is 3. The summed E-state index contributed by atoms with van der Waals surface area (Å²) in [5.41, 5.74) is 2.35. The van der Waals surface area contributed by atoms with Crippen LogP contribution in [0.1, 0.15) is 71.1 Å². The van der Waals surface area contributed by atoms with Crippen molar-refractivity contribution < 1.29 is 4.79 Å². The van der Waals surface area contributed by atoms with E-state index in [0.717, 1.165) is 50.4 Å². The maximum Gasteiger partial charge on any atom is 0.254 e. The molecule has 5 heteroatoms. The van der Waals surface area contributed by atoms with E-state index in [1.807, 2.05) is 6.20 Å². The highest BCUT2D eigenvalue weighted by atomic mass is 32.1. The maximum absolute atomic E-state index is 13.1. The number of aromatic nitrogens is 2. The first-order valence-corrected chi connectivity index (χ1v) is 11.1. The number of thiophene rings is 1. The summed E-state index contributed by atoms with van der Waals surface area (Å²) in [5.74, 6) is 2.89. The summed E-state index contributed by atoms with van der Waals surface area (Å²) >= 11 is 1.80. The van der Waals surface area contributed by atoms with Gasteiger partial charge < -0.3 is 9.47 Å². The topological polar surface area (TPSA) is 38.1 Å². The summed E-state index contributed by atoms with van der Waals surface area (Å²) in [6.07, 6.45) is 13.7. The van der Waals surface area contributed by atoms with Gasteiger partial charge in [0.25, 0.3) is 5.91 Å². The Hall–Kier alpha value is -1.62. The SMILES string of the molecule is O=C(c1csc2c1CCCC2)N1CCC(c2nccn2CC2CC2)CC1. The van der Waals surface area contributed by atoms with Gasteiger partial charge in [0.1, 0.15) is 5.82 Å². The quantitative estimate of drug-likeness (QED) is 0.808. The molecule has 1 amide bonds. The third kappa shape index (κ3) is 3.11. The van der Waals surface area contributed by atoms with E-state index in [1.54, 1.807) is 11.3 Å². The van der Waals surface area contributed by atoms with Gasteiger partial charge >= 0.3 is 0 Å². The van der Waals surface area contributed by atoms with Gasteiger partial charge in [0.2, 0.25) is 0 Å². The molecular weight excluding hydrogens is 342 g/mol. The van der Waals surface area contributed by atoms with Gasteiger partial charge in [-0.25, -0.2) is 4.98 Å². The Kier molecular flexibility index (Phi) is 4.35. The second-order valence-electron chi connectivity index (χ2n) is 8.21. The lowest BCUT2D eigenvalue weighted by molar-refractivity contribution is 0.0709. The van der Waals surface area contributed by atoms with Gasteiger partial charge in [-0.3, -0.25) is 4.79 Å². The molecule has 0 spiro atoms. The molecule has 0 aromatic carbocycles. The van der Waals surface area contributed by atoms with E-state index in [1.165, 1.54) is 48.4 Å². The Morgan fingerprint density at radius 2 is 1.96 bits per heavy atom. The molecule has 1 aliphatic heterocycles. The summed E-state index contributed by atoms with van der Waals surface area (Å²) in [6.45, 7) is 2.87. The van der Waals surface area contributed by atoms with Gasteiger partial charge in [-0.1, -0.05) is 0 Å². The zero-order chi connectivity index (χ0) is 17.5. The molecule has 5 rings (SSSR count). The molecule has 2 aromatic rings. The molecule has 0 atom stereocenters. The molecule has 1 saturated carbocycles. The average molecular weight is 370 g/mol. The average Bonchev–Trinajstić information content (AvgIpc) is 3.20. The summed E-state index contributed by atoms with van der Waals surface area (Å²) in [5, 5.41) is 2.12. The van der Waals surface area contributed by atoms with Crippen LogP contribution in [0.15, 0.2) is 17.8 Å². The lowest BCUT2D eigenvalue weighted by Gasteiger charge is -2.32. The highest BCUT2D eigenvalue weighted by Crippen LogP contribution is 2.35. The van der Waals surface area contributed by atoms with Gasteiger partial charge in [-0.15, -0.1) is 11.3 Å². The minimum Gasteiger partial charge on any atom is -0.339 e. The number of imidazole rings is 1. The summed E-state index contributed by atoms with van der Waals surface area (Å²) in [7, 11) is 0. The van der Waals surface area contributed by atoms with Crippen molar-refractivity contribution in [1.29, 1.82) is 0 Å². The lowest BCUT2D eigenvalue weighted by Crippen LogP contribution is -2.38. The van der Waals surface area contributed by atoms with E-state index in [-0.39, 0.29) is 5.91 Å². The summed E-state index contributed by atoms with van der Waals surface area (Å²) < 4.78 is 2.37. The monoisotopic (exact) mass is 369 g/mol. The Morgan fingerprint density at radius 3 is 2.77 bits per heavy atom. The van der Waals surface area contributed by atoms with E-state index < -0.39 is 0 Å². The van der Waals surface area contributed by atoms with Crippen LogP contribution < -0.4 is 0 Å². The third-order valence-corrected chi connectivity index (χ3v) is 7.43. The maximum atomic E-state index is 13.1. The van der Waals surface area contributed by atoms with Crippen LogP contribution in [0.3, 0.4) is 0 Å². The molecule has 2 aliphatic carbocycles. The fraction of sp³-hybridized carbons (Fsp3) is 0.619. The van der Waals surface area contributed by atoms with Crippen molar-refractivity contribution in [3.8, 4) is 0 Å². The molecule has 2 aromatic heterocycles. The van der Waals surface area contributed by atoms with Crippen LogP contribution >= 0.6 is 11.3 Å². The molecule has 3 aliphatic rings. The van der Waals surface area contributed by atoms with Gasteiger partial charge in [-0.05, 0) is 62.8 Å². The normalized spacial score (nSPS) is 21.0. The van der Waals surface area contributed by atoms with Crippen molar-refractivity contribution in [1.82, 2.24) is 14.5 Å². The standard InChI is InChI=1S/C21H27N3OS/c25-21(18-14-26-19-4-2-1-3-17(18)19)23-10-7-16(8-11-23)20-22-9-12-24(20)13-15-5-6-15/h9,12,14-16H,1-8,10-11,13H2. The van der Waals surface area contributed by atoms with Crippen LogP contribution in [0.5, 0.6) is 0 Å². The lowest BCUT2D eigenvalue weighted by atomic mass is 9.93. The number of carbonyl (C=O) groups excluding carboxylic acids is 1. The molecule has 3 heterocycles. The van der Waals surface area contributed by atoms with E-state index in [0.29, 0.717) is 5.92 Å². The van der Waals surface area contributed by atoms with E-state index in [2.05, 4.69) is 26.0 Å². The fourth-order valence-corrected chi connectivity index (χ4v) is 5.72. The zero-order valence-electron chi connectivity index (χ0n) is 15.3. The summed E-state index contributed by atoms with van der Waals surface area (Å²) in [6, 6.07) is 0. The van der Waals surface area contributed by atoms with Gasteiger partial charge in [0.05, 0.1) is 5.56 Å². The predicted octanol–water partition coefficient (Wildman–Crippen LogP) is 4.25. The fourth-order valence-electron chi connectivity index (χ4n) is 4.60. The van der Waals surface area contributed by atoms with Crippen molar-refractivity contribution in [2.45, 2.75) is 63.8 Å². The zero-order valence-corrected chi connectivity index (χ0v) is 16.1. The number of likely N-dealkylation sites (tertiary alicyclic amines) is 1. The summed E-state index contributed by atoms with van der Waals surface area (Å²) in [4.78, 5) is 21.3. The molecule has 0 N–H and O–H groups in total. The molecule has 138 valence electrons. The molecule has 26 heavy (non-hydrogen) atoms. The van der Waals surface area contributed by atoms with Crippen molar-refractivity contribution in [2.75, 3.05) is 13.1 Å². The minimum atomic E-state index is 0.268. The second kappa shape index (κ2) is 6.84. The van der Waals surface area contributed by atoms with E-state index in [4.69, 9.17) is 0 Å². The largest absolute Gasteiger partial charge is 0.339 e. The predicted molar refractivity (Wildman–Crippen MR) is 104 cm³/mol. The number of aryl methyl sites for hydroxylation is 1. The number of fused-ring (bicyclic) bond motifs is 1. The van der Waals surface area contributed by atoms with Gasteiger partial charge in [0.15, 0.2) is 0 Å². The van der Waals surface area contributed by atoms with Crippen LogP contribution in [0.2, 0.25) is 0 Å². The smallest absolute Gasteiger partial charge is 0.254 e. The Balaban J connectivity index is 1.25. The van der Waals surface area contributed by atoms with Crippen LogP contribution in [-0.2, 0) is 19.4 Å². The van der Waals surface area contributed by atoms with Crippen molar-refractivity contribution in [2.24, 2.45) is 5.92 Å². The molecule has 0 unspecified atom stereocenters. The van der Waals surface area contributed by atoms with Crippen molar-refractivity contribution >= 4 is 17.2 Å². The number of amides is 1. The number of hydrogen-bond donors (Lipinski definition) is 0. The first-order valence-electron chi connectivity index (χ1n) is 10.2. The first kappa shape index (κ1) is 16.5. The molecular formula is C21H27N3OS. The Bertz CT molecular complexity index is 796. The highest BCUT2D eigenvalue weighted by molar-refractivity contribution is 7.10. The molecule has 0 radical (unpaired) electrons. The van der Waals surface area contributed by atoms with Crippen LogP contribution in [0, 0.1) is 5.92 Å².